The molecule has 6 heteroatoms. The number of amides is 2. The molecule has 110 valence electrons. The second-order valence-electron chi connectivity index (χ2n) is 4.38. The number of halogens is 3. The zero-order chi connectivity index (χ0) is 15.2. The first-order valence-electron chi connectivity index (χ1n) is 6.29. The van der Waals surface area contributed by atoms with Gasteiger partial charge in [0.15, 0.2) is 0 Å². The molecule has 0 aliphatic rings. The number of rotatable bonds is 4. The smallest absolute Gasteiger partial charge is 0.319 e. The monoisotopic (exact) mass is 342 g/mol. The number of nitrogens with one attached hydrogen (secondary N) is 2. The van der Waals surface area contributed by atoms with E-state index < -0.39 is 0 Å². The molecule has 0 atom stereocenters. The van der Waals surface area contributed by atoms with E-state index in [4.69, 9.17) is 34.8 Å². The highest BCUT2D eigenvalue weighted by atomic mass is 35.5. The minimum atomic E-state index is -0.332. The van der Waals surface area contributed by atoms with Crippen molar-refractivity contribution in [1.82, 2.24) is 5.32 Å². The molecule has 0 aliphatic carbocycles. The quantitative estimate of drug-likeness (QED) is 0.805. The van der Waals surface area contributed by atoms with Gasteiger partial charge >= 0.3 is 6.03 Å². The van der Waals surface area contributed by atoms with Crippen LogP contribution < -0.4 is 10.6 Å². The van der Waals surface area contributed by atoms with Gasteiger partial charge in [-0.1, -0.05) is 46.9 Å². The van der Waals surface area contributed by atoms with Gasteiger partial charge in [-0.3, -0.25) is 0 Å². The van der Waals surface area contributed by atoms with Gasteiger partial charge in [0.2, 0.25) is 0 Å². The van der Waals surface area contributed by atoms with Gasteiger partial charge in [-0.25, -0.2) is 4.79 Å². The summed E-state index contributed by atoms with van der Waals surface area (Å²) in [6.07, 6.45) is 0.692. The Kier molecular flexibility index (Phi) is 5.74. The second-order valence-corrected chi connectivity index (χ2v) is 5.67. The fraction of sp³-hybridized carbons (Fsp3) is 0.133. The van der Waals surface area contributed by atoms with Crippen LogP contribution in [0.3, 0.4) is 0 Å². The van der Waals surface area contributed by atoms with Crippen LogP contribution in [0.5, 0.6) is 0 Å². The summed E-state index contributed by atoms with van der Waals surface area (Å²) in [4.78, 5) is 11.8. The molecule has 0 saturated heterocycles. The summed E-state index contributed by atoms with van der Waals surface area (Å²) < 4.78 is 0. The lowest BCUT2D eigenvalue weighted by atomic mass is 10.1. The number of urea groups is 1. The maximum Gasteiger partial charge on any atom is 0.319 e. The third-order valence-corrected chi connectivity index (χ3v) is 3.56. The number of carbonyl (C=O) groups is 1. The van der Waals surface area contributed by atoms with Crippen molar-refractivity contribution in [3.63, 3.8) is 0 Å². The molecule has 0 fully saturated rings. The van der Waals surface area contributed by atoms with E-state index in [2.05, 4.69) is 10.6 Å². The fourth-order valence-electron chi connectivity index (χ4n) is 1.77. The lowest BCUT2D eigenvalue weighted by Crippen LogP contribution is -2.30. The molecule has 0 spiro atoms. The lowest BCUT2D eigenvalue weighted by molar-refractivity contribution is 0.252. The van der Waals surface area contributed by atoms with E-state index in [1.807, 2.05) is 24.3 Å². The summed E-state index contributed by atoms with van der Waals surface area (Å²) in [5.41, 5.74) is 1.54. The molecule has 0 radical (unpaired) electrons. The topological polar surface area (TPSA) is 41.1 Å². The largest absolute Gasteiger partial charge is 0.338 e. The fourth-order valence-corrected chi connectivity index (χ4v) is 2.32. The Hall–Kier alpha value is -1.42. The number of carbonyl (C=O) groups excluding carboxylic acids is 1. The zero-order valence-electron chi connectivity index (χ0n) is 11.0. The van der Waals surface area contributed by atoms with Crippen LogP contribution in [-0.2, 0) is 6.42 Å². The van der Waals surface area contributed by atoms with Gasteiger partial charge < -0.3 is 10.6 Å². The normalized spacial score (nSPS) is 10.2. The van der Waals surface area contributed by atoms with Gasteiger partial charge in [-0.2, -0.15) is 0 Å². The van der Waals surface area contributed by atoms with Crippen molar-refractivity contribution in [2.75, 3.05) is 11.9 Å². The predicted molar refractivity (Wildman–Crippen MR) is 88.6 cm³/mol. The minimum absolute atomic E-state index is 0.332. The number of benzene rings is 2. The first-order chi connectivity index (χ1) is 10.0. The van der Waals surface area contributed by atoms with E-state index in [0.717, 1.165) is 5.56 Å². The molecule has 0 bridgehead atoms. The van der Waals surface area contributed by atoms with E-state index in [-0.39, 0.29) is 6.03 Å². The highest BCUT2D eigenvalue weighted by Crippen LogP contribution is 2.25. The molecule has 0 unspecified atom stereocenters. The molecule has 2 rings (SSSR count). The van der Waals surface area contributed by atoms with E-state index >= 15 is 0 Å². The molecular weight excluding hydrogens is 331 g/mol. The molecule has 2 N–H and O–H groups in total. The average molecular weight is 344 g/mol. The van der Waals surface area contributed by atoms with E-state index in [1.54, 1.807) is 18.2 Å². The van der Waals surface area contributed by atoms with E-state index in [0.29, 0.717) is 33.7 Å². The first-order valence-corrected chi connectivity index (χ1v) is 7.42. The van der Waals surface area contributed by atoms with E-state index in [1.165, 1.54) is 0 Å². The van der Waals surface area contributed by atoms with Crippen molar-refractivity contribution in [3.05, 3.63) is 63.1 Å². The summed E-state index contributed by atoms with van der Waals surface area (Å²) >= 11 is 17.7. The molecule has 0 heterocycles. The van der Waals surface area contributed by atoms with Crippen LogP contribution in [0.25, 0.3) is 0 Å². The van der Waals surface area contributed by atoms with Crippen LogP contribution in [0.15, 0.2) is 42.5 Å². The predicted octanol–water partition coefficient (Wildman–Crippen LogP) is 5.01. The van der Waals surface area contributed by atoms with Gasteiger partial charge in [0.25, 0.3) is 0 Å². The maximum atomic E-state index is 11.8. The number of hydrogen-bond donors (Lipinski definition) is 2. The third-order valence-electron chi connectivity index (χ3n) is 2.76. The molecule has 0 aliphatic heterocycles. The Balaban J connectivity index is 1.84. The summed E-state index contributed by atoms with van der Waals surface area (Å²) in [5.74, 6) is 0. The van der Waals surface area contributed by atoms with Crippen molar-refractivity contribution in [2.45, 2.75) is 6.42 Å². The van der Waals surface area contributed by atoms with Crippen LogP contribution in [0.1, 0.15) is 5.56 Å². The van der Waals surface area contributed by atoms with Crippen molar-refractivity contribution >= 4 is 46.5 Å². The van der Waals surface area contributed by atoms with Crippen molar-refractivity contribution in [3.8, 4) is 0 Å². The third kappa shape index (κ3) is 5.12. The Labute approximate surface area is 138 Å². The molecule has 2 amide bonds. The van der Waals surface area contributed by atoms with Crippen LogP contribution in [0.2, 0.25) is 15.1 Å². The molecule has 2 aromatic rings. The molecule has 0 saturated carbocycles. The first kappa shape index (κ1) is 16.0. The van der Waals surface area contributed by atoms with Crippen LogP contribution in [-0.4, -0.2) is 12.6 Å². The Bertz CT molecular complexity index is 647. The SMILES string of the molecule is O=C(NCCc1cccc(Cl)c1)Nc1cc(Cl)ccc1Cl. The Morgan fingerprint density at radius 2 is 1.76 bits per heavy atom. The summed E-state index contributed by atoms with van der Waals surface area (Å²) in [6, 6.07) is 12.1. The summed E-state index contributed by atoms with van der Waals surface area (Å²) in [5, 5.41) is 7.03. The average Bonchev–Trinajstić information content (AvgIpc) is 2.43. The van der Waals surface area contributed by atoms with Gasteiger partial charge in [-0.05, 0) is 42.3 Å². The second kappa shape index (κ2) is 7.55. The summed E-state index contributed by atoms with van der Waals surface area (Å²) in [6.45, 7) is 0.490. The van der Waals surface area contributed by atoms with Gasteiger partial charge in [0, 0.05) is 16.6 Å². The van der Waals surface area contributed by atoms with Gasteiger partial charge in [-0.15, -0.1) is 0 Å². The van der Waals surface area contributed by atoms with E-state index in [9.17, 15) is 4.79 Å². The van der Waals surface area contributed by atoms with Gasteiger partial charge in [0.05, 0.1) is 10.7 Å². The number of anilines is 1. The molecule has 3 nitrogen and oxygen atoms in total. The van der Waals surface area contributed by atoms with Crippen molar-refractivity contribution in [2.24, 2.45) is 0 Å². The highest BCUT2D eigenvalue weighted by molar-refractivity contribution is 6.35. The summed E-state index contributed by atoms with van der Waals surface area (Å²) in [7, 11) is 0. The highest BCUT2D eigenvalue weighted by Gasteiger charge is 2.06. The van der Waals surface area contributed by atoms with Crippen LogP contribution in [0, 0.1) is 0 Å². The number of hydrogen-bond acceptors (Lipinski definition) is 1. The van der Waals surface area contributed by atoms with Crippen molar-refractivity contribution < 1.29 is 4.79 Å². The van der Waals surface area contributed by atoms with Crippen molar-refractivity contribution in [1.29, 1.82) is 0 Å². The Morgan fingerprint density at radius 1 is 1.00 bits per heavy atom. The Morgan fingerprint density at radius 3 is 2.52 bits per heavy atom. The van der Waals surface area contributed by atoms with Crippen LogP contribution >= 0.6 is 34.8 Å². The zero-order valence-corrected chi connectivity index (χ0v) is 13.3. The van der Waals surface area contributed by atoms with Gasteiger partial charge in [0.1, 0.15) is 0 Å². The lowest BCUT2D eigenvalue weighted by Gasteiger charge is -2.09. The minimum Gasteiger partial charge on any atom is -0.338 e. The molecular formula is C15H13Cl3N2O. The maximum absolute atomic E-state index is 11.8. The molecule has 21 heavy (non-hydrogen) atoms. The van der Waals surface area contributed by atoms with Crippen LogP contribution in [0.4, 0.5) is 10.5 Å². The molecule has 0 aromatic heterocycles. The molecule has 2 aromatic carbocycles. The standard InChI is InChI=1S/C15H13Cl3N2O/c16-11-3-1-2-10(8-11)6-7-19-15(21)20-14-9-12(17)4-5-13(14)18/h1-5,8-9H,6-7H2,(H2,19,20,21).